The van der Waals surface area contributed by atoms with Gasteiger partial charge in [-0.1, -0.05) is 6.07 Å². The predicted octanol–water partition coefficient (Wildman–Crippen LogP) is 2.05. The molecule has 0 aliphatic heterocycles. The number of aryl methyl sites for hydroxylation is 1. The number of phenolic OH excluding ortho intramolecular Hbond substituents is 2. The first kappa shape index (κ1) is 11.9. The maximum absolute atomic E-state index is 11.8. The molecule has 2 rings (SSSR count). The Hall–Kier alpha value is -2.56. The van der Waals surface area contributed by atoms with Crippen LogP contribution in [0.5, 0.6) is 11.5 Å². The van der Waals surface area contributed by atoms with E-state index in [1.165, 1.54) is 18.2 Å². The molecule has 2 aromatic rings. The van der Waals surface area contributed by atoms with Crippen LogP contribution in [0.2, 0.25) is 0 Å². The summed E-state index contributed by atoms with van der Waals surface area (Å²) < 4.78 is 0. The van der Waals surface area contributed by atoms with Gasteiger partial charge in [0.15, 0.2) is 0 Å². The number of anilines is 1. The number of pyridine rings is 1. The van der Waals surface area contributed by atoms with Gasteiger partial charge in [-0.05, 0) is 36.8 Å². The molecule has 1 aromatic carbocycles. The number of phenols is 2. The van der Waals surface area contributed by atoms with Crippen LogP contribution in [0.15, 0.2) is 36.5 Å². The smallest absolute Gasteiger partial charge is 0.260 e. The van der Waals surface area contributed by atoms with E-state index in [1.54, 1.807) is 12.3 Å². The largest absolute Gasteiger partial charge is 0.508 e. The van der Waals surface area contributed by atoms with Crippen molar-refractivity contribution in [1.82, 2.24) is 4.98 Å². The van der Waals surface area contributed by atoms with Crippen LogP contribution in [0.4, 0.5) is 5.82 Å². The fraction of sp³-hybridized carbons (Fsp3) is 0.0769. The van der Waals surface area contributed by atoms with Crippen molar-refractivity contribution in [3.8, 4) is 11.5 Å². The van der Waals surface area contributed by atoms with Gasteiger partial charge in [0.1, 0.15) is 17.3 Å². The lowest BCUT2D eigenvalue weighted by atomic mass is 10.1. The number of benzene rings is 1. The topological polar surface area (TPSA) is 82.5 Å². The molecule has 3 N–H and O–H groups in total. The van der Waals surface area contributed by atoms with E-state index in [0.717, 1.165) is 5.56 Å². The highest BCUT2D eigenvalue weighted by Gasteiger charge is 2.12. The minimum atomic E-state index is -0.528. The standard InChI is InChI=1S/C13H12N2O3/c1-8-2-5-12(14-7-8)15-13(18)10-6-9(16)3-4-11(10)17/h2-7,16-17H,1H3,(H,14,15,18). The van der Waals surface area contributed by atoms with E-state index in [2.05, 4.69) is 10.3 Å². The third-order valence-corrected chi connectivity index (χ3v) is 2.38. The fourth-order valence-electron chi connectivity index (χ4n) is 1.43. The molecule has 0 fully saturated rings. The summed E-state index contributed by atoms with van der Waals surface area (Å²) >= 11 is 0. The number of aromatic nitrogens is 1. The van der Waals surface area contributed by atoms with E-state index in [1.807, 2.05) is 13.0 Å². The molecule has 0 aliphatic rings. The Kier molecular flexibility index (Phi) is 3.14. The van der Waals surface area contributed by atoms with Crippen LogP contribution in [0.1, 0.15) is 15.9 Å². The summed E-state index contributed by atoms with van der Waals surface area (Å²) in [5.74, 6) is -0.430. The Morgan fingerprint density at radius 2 is 2.00 bits per heavy atom. The first-order valence-corrected chi connectivity index (χ1v) is 5.32. The van der Waals surface area contributed by atoms with Gasteiger partial charge in [-0.15, -0.1) is 0 Å². The van der Waals surface area contributed by atoms with Crippen LogP contribution in [-0.2, 0) is 0 Å². The zero-order chi connectivity index (χ0) is 13.1. The molecule has 0 saturated heterocycles. The highest BCUT2D eigenvalue weighted by atomic mass is 16.3. The van der Waals surface area contributed by atoms with Crippen LogP contribution >= 0.6 is 0 Å². The fourth-order valence-corrected chi connectivity index (χ4v) is 1.43. The van der Waals surface area contributed by atoms with Gasteiger partial charge < -0.3 is 15.5 Å². The van der Waals surface area contributed by atoms with Crippen LogP contribution in [0, 0.1) is 6.92 Å². The molecule has 18 heavy (non-hydrogen) atoms. The number of amides is 1. The molecule has 1 aromatic heterocycles. The monoisotopic (exact) mass is 244 g/mol. The number of hydrogen-bond donors (Lipinski definition) is 3. The number of carbonyl (C=O) groups excluding carboxylic acids is 1. The van der Waals surface area contributed by atoms with E-state index in [9.17, 15) is 15.0 Å². The van der Waals surface area contributed by atoms with Crippen LogP contribution in [0.3, 0.4) is 0 Å². The number of rotatable bonds is 2. The average molecular weight is 244 g/mol. The number of aromatic hydroxyl groups is 2. The SMILES string of the molecule is Cc1ccc(NC(=O)c2cc(O)ccc2O)nc1. The minimum Gasteiger partial charge on any atom is -0.508 e. The van der Waals surface area contributed by atoms with E-state index in [0.29, 0.717) is 5.82 Å². The third-order valence-electron chi connectivity index (χ3n) is 2.38. The van der Waals surface area contributed by atoms with Crippen molar-refractivity contribution in [2.24, 2.45) is 0 Å². The van der Waals surface area contributed by atoms with Crippen LogP contribution < -0.4 is 5.32 Å². The number of hydrogen-bond acceptors (Lipinski definition) is 4. The first-order chi connectivity index (χ1) is 8.56. The molecule has 0 spiro atoms. The normalized spacial score (nSPS) is 10.1. The average Bonchev–Trinajstić information content (AvgIpc) is 2.35. The minimum absolute atomic E-state index is 0.00243. The molecule has 5 heteroatoms. The molecule has 0 bridgehead atoms. The Balaban J connectivity index is 2.21. The van der Waals surface area contributed by atoms with Crippen LogP contribution in [-0.4, -0.2) is 21.1 Å². The Morgan fingerprint density at radius 1 is 1.22 bits per heavy atom. The first-order valence-electron chi connectivity index (χ1n) is 5.32. The van der Waals surface area contributed by atoms with Gasteiger partial charge in [0.2, 0.25) is 0 Å². The molecule has 0 radical (unpaired) electrons. The molecule has 0 aliphatic carbocycles. The van der Waals surface area contributed by atoms with E-state index in [-0.39, 0.29) is 17.1 Å². The van der Waals surface area contributed by atoms with E-state index >= 15 is 0 Å². The van der Waals surface area contributed by atoms with Gasteiger partial charge >= 0.3 is 0 Å². The maximum atomic E-state index is 11.8. The maximum Gasteiger partial charge on any atom is 0.260 e. The third kappa shape index (κ3) is 2.57. The van der Waals surface area contributed by atoms with Crippen molar-refractivity contribution in [1.29, 1.82) is 0 Å². The molecule has 0 unspecified atom stereocenters. The molecule has 0 atom stereocenters. The molecule has 0 saturated carbocycles. The number of nitrogens with zero attached hydrogens (tertiary/aromatic N) is 1. The van der Waals surface area contributed by atoms with Gasteiger partial charge in [0, 0.05) is 6.20 Å². The van der Waals surface area contributed by atoms with Crippen molar-refractivity contribution in [2.75, 3.05) is 5.32 Å². The lowest BCUT2D eigenvalue weighted by molar-refractivity contribution is 0.102. The lowest BCUT2D eigenvalue weighted by Gasteiger charge is -2.06. The number of nitrogens with one attached hydrogen (secondary N) is 1. The molecule has 1 amide bonds. The zero-order valence-corrected chi connectivity index (χ0v) is 9.71. The van der Waals surface area contributed by atoms with Gasteiger partial charge in [-0.3, -0.25) is 4.79 Å². The lowest BCUT2D eigenvalue weighted by Crippen LogP contribution is -2.13. The molecular formula is C13H12N2O3. The van der Waals surface area contributed by atoms with Crippen molar-refractivity contribution in [3.63, 3.8) is 0 Å². The summed E-state index contributed by atoms with van der Waals surface area (Å²) in [5.41, 5.74) is 0.977. The quantitative estimate of drug-likeness (QED) is 0.706. The van der Waals surface area contributed by atoms with Gasteiger partial charge in [0.05, 0.1) is 5.56 Å². The van der Waals surface area contributed by atoms with Gasteiger partial charge in [-0.25, -0.2) is 4.98 Å². The summed E-state index contributed by atoms with van der Waals surface area (Å²) in [6.07, 6.45) is 1.62. The van der Waals surface area contributed by atoms with Crippen molar-refractivity contribution in [2.45, 2.75) is 6.92 Å². The highest BCUT2D eigenvalue weighted by Crippen LogP contribution is 2.22. The van der Waals surface area contributed by atoms with Gasteiger partial charge in [0.25, 0.3) is 5.91 Å². The predicted molar refractivity (Wildman–Crippen MR) is 66.7 cm³/mol. The van der Waals surface area contributed by atoms with E-state index < -0.39 is 5.91 Å². The van der Waals surface area contributed by atoms with Crippen molar-refractivity contribution < 1.29 is 15.0 Å². The number of carbonyl (C=O) groups is 1. The zero-order valence-electron chi connectivity index (χ0n) is 9.71. The summed E-state index contributed by atoms with van der Waals surface area (Å²) in [5, 5.41) is 21.3. The Morgan fingerprint density at radius 3 is 2.67 bits per heavy atom. The molecule has 1 heterocycles. The second-order valence-corrected chi connectivity index (χ2v) is 3.88. The summed E-state index contributed by atoms with van der Waals surface area (Å²) in [7, 11) is 0. The Labute approximate surface area is 104 Å². The highest BCUT2D eigenvalue weighted by molar-refractivity contribution is 6.05. The second kappa shape index (κ2) is 4.75. The van der Waals surface area contributed by atoms with E-state index in [4.69, 9.17) is 0 Å². The van der Waals surface area contributed by atoms with Crippen LogP contribution in [0.25, 0.3) is 0 Å². The summed E-state index contributed by atoms with van der Waals surface area (Å²) in [4.78, 5) is 15.9. The Bertz CT molecular complexity index is 579. The summed E-state index contributed by atoms with van der Waals surface area (Å²) in [6.45, 7) is 1.89. The van der Waals surface area contributed by atoms with Gasteiger partial charge in [-0.2, -0.15) is 0 Å². The van der Waals surface area contributed by atoms with Crippen molar-refractivity contribution >= 4 is 11.7 Å². The summed E-state index contributed by atoms with van der Waals surface area (Å²) in [6, 6.07) is 7.22. The molecular weight excluding hydrogens is 232 g/mol. The van der Waals surface area contributed by atoms with Crippen molar-refractivity contribution in [3.05, 3.63) is 47.7 Å². The molecule has 92 valence electrons. The second-order valence-electron chi connectivity index (χ2n) is 3.88. The molecule has 5 nitrogen and oxygen atoms in total.